The lowest BCUT2D eigenvalue weighted by Gasteiger charge is -2.17. The molecule has 0 radical (unpaired) electrons. The van der Waals surface area contributed by atoms with Gasteiger partial charge in [-0.15, -0.1) is 0 Å². The number of allylic oxidation sites excluding steroid dienone is 2. The zero-order valence-corrected chi connectivity index (χ0v) is 14.7. The summed E-state index contributed by atoms with van der Waals surface area (Å²) in [5.74, 6) is -0.196. The van der Waals surface area contributed by atoms with Crippen molar-refractivity contribution < 1.29 is 14.3 Å². The van der Waals surface area contributed by atoms with E-state index >= 15 is 0 Å². The molecule has 21 heavy (non-hydrogen) atoms. The summed E-state index contributed by atoms with van der Waals surface area (Å²) in [6.07, 6.45) is 5.54. The Labute approximate surface area is 139 Å². The van der Waals surface area contributed by atoms with Crippen LogP contribution in [0.3, 0.4) is 0 Å². The van der Waals surface area contributed by atoms with Gasteiger partial charge in [0.25, 0.3) is 5.91 Å². The largest absolute Gasteiger partial charge is 0.480 e. The Balaban J connectivity index is 2.93. The molecule has 0 saturated heterocycles. The average Bonchev–Trinajstić information content (AvgIpc) is 2.50. The number of ether oxygens (including phenoxy) is 1. The summed E-state index contributed by atoms with van der Waals surface area (Å²) >= 11 is 6.45. The minimum absolute atomic E-state index is 0.219. The predicted molar refractivity (Wildman–Crippen MR) is 89.0 cm³/mol. The van der Waals surface area contributed by atoms with Crippen LogP contribution in [0.1, 0.15) is 0 Å². The molecule has 1 heterocycles. The van der Waals surface area contributed by atoms with E-state index < -0.39 is 4.83 Å². The molecule has 0 bridgehead atoms. The van der Waals surface area contributed by atoms with Crippen molar-refractivity contribution in [1.29, 1.82) is 0 Å². The Bertz CT molecular complexity index is 588. The summed E-state index contributed by atoms with van der Waals surface area (Å²) in [5.41, 5.74) is 0.516. The number of nitrogens with zero attached hydrogens (tertiary/aromatic N) is 2. The number of halogens is 2. The molecule has 5 nitrogen and oxygen atoms in total. The highest BCUT2D eigenvalue weighted by atomic mass is 79.9. The van der Waals surface area contributed by atoms with Gasteiger partial charge in [0.05, 0.1) is 11.9 Å². The summed E-state index contributed by atoms with van der Waals surface area (Å²) in [5, 5.41) is 0. The average molecular weight is 418 g/mol. The van der Waals surface area contributed by atoms with Gasteiger partial charge < -0.3 is 9.64 Å². The number of anilines is 1. The molecule has 1 aromatic rings. The van der Waals surface area contributed by atoms with Gasteiger partial charge in [0.2, 0.25) is 5.88 Å². The summed E-state index contributed by atoms with van der Waals surface area (Å²) in [6.45, 7) is 3.39. The molecule has 0 aliphatic heterocycles. The number of pyridine rings is 1. The maximum Gasteiger partial charge on any atom is 0.250 e. The molecule has 1 unspecified atom stereocenters. The molecular weight excluding hydrogens is 404 g/mol. The lowest BCUT2D eigenvalue weighted by atomic mass is 10.2. The molecule has 112 valence electrons. The van der Waals surface area contributed by atoms with Gasteiger partial charge in [-0.1, -0.05) is 28.6 Å². The van der Waals surface area contributed by atoms with Crippen LogP contribution in [0.2, 0.25) is 0 Å². The maximum absolute atomic E-state index is 12.1. The summed E-state index contributed by atoms with van der Waals surface area (Å²) in [4.78, 5) is 28.3. The summed E-state index contributed by atoms with van der Waals surface area (Å²) in [7, 11) is 3.07. The van der Waals surface area contributed by atoms with Crippen LogP contribution in [-0.4, -0.2) is 35.7 Å². The number of carbonyl (C=O) groups is 2. The monoisotopic (exact) mass is 416 g/mol. The van der Waals surface area contributed by atoms with Crippen LogP contribution in [-0.2, 0) is 9.59 Å². The van der Waals surface area contributed by atoms with E-state index in [1.165, 1.54) is 30.2 Å². The zero-order valence-electron chi connectivity index (χ0n) is 11.5. The number of hydrogen-bond donors (Lipinski definition) is 0. The van der Waals surface area contributed by atoms with Crippen LogP contribution in [0.25, 0.3) is 0 Å². The first-order valence-corrected chi connectivity index (χ1v) is 7.57. The third-order valence-electron chi connectivity index (χ3n) is 2.56. The molecule has 0 aliphatic rings. The highest BCUT2D eigenvalue weighted by molar-refractivity contribution is 9.10. The number of rotatable bonds is 6. The van der Waals surface area contributed by atoms with Gasteiger partial charge in [-0.3, -0.25) is 9.59 Å². The first-order chi connectivity index (χ1) is 9.90. The Morgan fingerprint density at radius 2 is 2.19 bits per heavy atom. The maximum atomic E-state index is 12.1. The number of amides is 1. The van der Waals surface area contributed by atoms with Crippen LogP contribution in [0.15, 0.2) is 41.5 Å². The third-order valence-corrected chi connectivity index (χ3v) is 3.76. The van der Waals surface area contributed by atoms with Gasteiger partial charge in [-0.25, -0.2) is 4.98 Å². The van der Waals surface area contributed by atoms with E-state index in [1.807, 2.05) is 0 Å². The Kier molecular flexibility index (Phi) is 6.77. The standard InChI is InChI=1S/C14H14Br2N2O3/c1-4-12(19)10(16)5-6-13(20)18(2)11-7-9(15)8-17-14(11)21-3/h4-8,10H,1H2,2-3H3. The first kappa shape index (κ1) is 17.6. The number of aromatic nitrogens is 1. The molecule has 1 amide bonds. The fourth-order valence-corrected chi connectivity index (χ4v) is 2.08. The van der Waals surface area contributed by atoms with Crippen LogP contribution < -0.4 is 9.64 Å². The van der Waals surface area contributed by atoms with Gasteiger partial charge in [-0.05, 0) is 28.1 Å². The second-order valence-electron chi connectivity index (χ2n) is 3.95. The number of likely N-dealkylation sites (N-methyl/N-ethyl adjacent to an activating group) is 1. The molecule has 0 aliphatic carbocycles. The third kappa shape index (κ3) is 4.78. The fraction of sp³-hybridized carbons (Fsp3) is 0.214. The quantitative estimate of drug-likeness (QED) is 0.527. The minimum atomic E-state index is -0.574. The lowest BCUT2D eigenvalue weighted by molar-refractivity contribution is -0.114. The Morgan fingerprint density at radius 3 is 2.76 bits per heavy atom. The van der Waals surface area contributed by atoms with Gasteiger partial charge in [0.1, 0.15) is 5.69 Å². The van der Waals surface area contributed by atoms with Crippen molar-refractivity contribution in [2.45, 2.75) is 4.83 Å². The number of hydrogen-bond acceptors (Lipinski definition) is 4. The summed E-state index contributed by atoms with van der Waals surface area (Å²) in [6, 6.07) is 1.72. The lowest BCUT2D eigenvalue weighted by Crippen LogP contribution is -2.25. The van der Waals surface area contributed by atoms with Crippen molar-refractivity contribution in [3.63, 3.8) is 0 Å². The van der Waals surface area contributed by atoms with Gasteiger partial charge in [0.15, 0.2) is 5.78 Å². The van der Waals surface area contributed by atoms with E-state index in [4.69, 9.17) is 4.74 Å². The van der Waals surface area contributed by atoms with E-state index in [0.717, 1.165) is 4.47 Å². The molecule has 0 spiro atoms. The second-order valence-corrected chi connectivity index (χ2v) is 5.85. The normalized spacial score (nSPS) is 12.0. The fourth-order valence-electron chi connectivity index (χ4n) is 1.42. The Hall–Kier alpha value is -1.47. The van der Waals surface area contributed by atoms with E-state index in [0.29, 0.717) is 11.6 Å². The molecule has 1 aromatic heterocycles. The molecule has 0 saturated carbocycles. The van der Waals surface area contributed by atoms with Crippen LogP contribution in [0.4, 0.5) is 5.69 Å². The molecule has 0 fully saturated rings. The smallest absolute Gasteiger partial charge is 0.250 e. The van der Waals surface area contributed by atoms with Crippen LogP contribution in [0.5, 0.6) is 5.88 Å². The molecule has 7 heteroatoms. The van der Waals surface area contributed by atoms with E-state index in [9.17, 15) is 9.59 Å². The topological polar surface area (TPSA) is 59.5 Å². The Morgan fingerprint density at radius 1 is 1.52 bits per heavy atom. The van der Waals surface area contributed by atoms with Gasteiger partial charge in [0, 0.05) is 23.8 Å². The van der Waals surface area contributed by atoms with Crippen molar-refractivity contribution in [2.75, 3.05) is 19.1 Å². The molecule has 1 atom stereocenters. The molecule has 0 aromatic carbocycles. The van der Waals surface area contributed by atoms with Crippen molar-refractivity contribution in [2.24, 2.45) is 0 Å². The van der Waals surface area contributed by atoms with Crippen LogP contribution >= 0.6 is 31.9 Å². The van der Waals surface area contributed by atoms with Gasteiger partial charge >= 0.3 is 0 Å². The SMILES string of the molecule is C=CC(=O)C(Br)C=CC(=O)N(C)c1cc(Br)cnc1OC. The van der Waals surface area contributed by atoms with Crippen molar-refractivity contribution in [3.8, 4) is 5.88 Å². The number of methoxy groups -OCH3 is 1. The first-order valence-electron chi connectivity index (χ1n) is 5.86. The van der Waals surface area contributed by atoms with Crippen LogP contribution in [0, 0.1) is 0 Å². The predicted octanol–water partition coefficient (Wildman–Crippen LogP) is 2.89. The van der Waals surface area contributed by atoms with E-state index in [1.54, 1.807) is 19.3 Å². The highest BCUT2D eigenvalue weighted by Crippen LogP contribution is 2.28. The van der Waals surface area contributed by atoms with E-state index in [-0.39, 0.29) is 11.7 Å². The number of carbonyl (C=O) groups excluding carboxylic acids is 2. The number of ketones is 1. The van der Waals surface area contributed by atoms with Crippen molar-refractivity contribution in [1.82, 2.24) is 4.98 Å². The van der Waals surface area contributed by atoms with Gasteiger partial charge in [-0.2, -0.15) is 0 Å². The molecular formula is C14H14Br2N2O3. The van der Waals surface area contributed by atoms with Crippen molar-refractivity contribution in [3.05, 3.63) is 41.5 Å². The minimum Gasteiger partial charge on any atom is -0.480 e. The van der Waals surface area contributed by atoms with E-state index in [2.05, 4.69) is 43.4 Å². The second kappa shape index (κ2) is 8.09. The molecule has 1 rings (SSSR count). The highest BCUT2D eigenvalue weighted by Gasteiger charge is 2.16. The number of alkyl halides is 1. The zero-order chi connectivity index (χ0) is 16.0. The van der Waals surface area contributed by atoms with Crippen molar-refractivity contribution >= 4 is 49.2 Å². The summed E-state index contributed by atoms with van der Waals surface area (Å²) < 4.78 is 5.85. The molecule has 0 N–H and O–H groups in total.